The van der Waals surface area contributed by atoms with Crippen LogP contribution in [0.5, 0.6) is 11.5 Å². The Morgan fingerprint density at radius 2 is 1.44 bits per heavy atom. The number of amides is 2. The standard InChI is InChI=1S/C29H32N2O4S/c1-34-24-17-23(18-25(19-24)35-2)31-29(33)27(20-9-5-3-6-10-20)36-26-15-13-22(14-16-26)30-28(32)21-11-7-4-8-12-21/h3,5-6,9-10,13-19,21,27H,4,7-8,11-12H2,1-2H3,(H,30,32)(H,31,33). The van der Waals surface area contributed by atoms with Gasteiger partial charge >= 0.3 is 0 Å². The van der Waals surface area contributed by atoms with E-state index in [0.29, 0.717) is 17.2 Å². The van der Waals surface area contributed by atoms with Crippen LogP contribution in [0.25, 0.3) is 0 Å². The lowest BCUT2D eigenvalue weighted by atomic mass is 9.88. The topological polar surface area (TPSA) is 76.7 Å². The SMILES string of the molecule is COc1cc(NC(=O)C(Sc2ccc(NC(=O)C3CCCCC3)cc2)c2ccccc2)cc(OC)c1. The second kappa shape index (κ2) is 12.5. The molecule has 1 aliphatic carbocycles. The molecule has 1 atom stereocenters. The number of carbonyl (C=O) groups excluding carboxylic acids is 2. The molecule has 7 heteroatoms. The van der Waals surface area contributed by atoms with Crippen molar-refractivity contribution in [3.63, 3.8) is 0 Å². The molecule has 2 amide bonds. The quantitative estimate of drug-likeness (QED) is 0.317. The number of carbonyl (C=O) groups is 2. The van der Waals surface area contributed by atoms with Crippen LogP contribution in [0.3, 0.4) is 0 Å². The van der Waals surface area contributed by atoms with Gasteiger partial charge in [-0.1, -0.05) is 49.6 Å². The van der Waals surface area contributed by atoms with Crippen molar-refractivity contribution in [2.75, 3.05) is 24.9 Å². The van der Waals surface area contributed by atoms with Crippen molar-refractivity contribution in [3.05, 3.63) is 78.4 Å². The summed E-state index contributed by atoms with van der Waals surface area (Å²) in [5, 5.41) is 5.58. The summed E-state index contributed by atoms with van der Waals surface area (Å²) in [6, 6.07) is 22.6. The van der Waals surface area contributed by atoms with Crippen LogP contribution in [0.2, 0.25) is 0 Å². The molecule has 0 aromatic heterocycles. The molecule has 3 aromatic carbocycles. The van der Waals surface area contributed by atoms with E-state index in [1.165, 1.54) is 18.2 Å². The maximum atomic E-state index is 13.4. The van der Waals surface area contributed by atoms with E-state index in [1.807, 2.05) is 54.6 Å². The van der Waals surface area contributed by atoms with Gasteiger partial charge in [0.15, 0.2) is 0 Å². The van der Waals surface area contributed by atoms with E-state index in [0.717, 1.165) is 41.8 Å². The summed E-state index contributed by atoms with van der Waals surface area (Å²) in [5.74, 6) is 1.24. The monoisotopic (exact) mass is 504 g/mol. The van der Waals surface area contributed by atoms with Gasteiger partial charge in [-0.2, -0.15) is 0 Å². The average Bonchev–Trinajstić information content (AvgIpc) is 2.93. The highest BCUT2D eigenvalue weighted by Gasteiger charge is 2.24. The fraction of sp³-hybridized carbons (Fsp3) is 0.310. The number of anilines is 2. The van der Waals surface area contributed by atoms with Gasteiger partial charge in [0.1, 0.15) is 16.7 Å². The Morgan fingerprint density at radius 1 is 0.806 bits per heavy atom. The number of methoxy groups -OCH3 is 2. The second-order valence-electron chi connectivity index (χ2n) is 8.85. The maximum absolute atomic E-state index is 13.4. The maximum Gasteiger partial charge on any atom is 0.242 e. The summed E-state index contributed by atoms with van der Waals surface area (Å²) in [4.78, 5) is 26.9. The molecule has 0 saturated heterocycles. The van der Waals surface area contributed by atoms with Crippen molar-refractivity contribution in [1.29, 1.82) is 0 Å². The number of hydrogen-bond acceptors (Lipinski definition) is 5. The summed E-state index contributed by atoms with van der Waals surface area (Å²) in [6.07, 6.45) is 5.40. The number of hydrogen-bond donors (Lipinski definition) is 2. The van der Waals surface area contributed by atoms with Crippen LogP contribution in [0.1, 0.15) is 42.9 Å². The molecule has 3 aromatic rings. The van der Waals surface area contributed by atoms with Gasteiger partial charge in [-0.05, 0) is 42.7 Å². The van der Waals surface area contributed by atoms with Crippen molar-refractivity contribution < 1.29 is 19.1 Å². The van der Waals surface area contributed by atoms with Crippen LogP contribution in [0, 0.1) is 5.92 Å². The van der Waals surface area contributed by atoms with Crippen LogP contribution >= 0.6 is 11.8 Å². The lowest BCUT2D eigenvalue weighted by molar-refractivity contribution is -0.120. The minimum atomic E-state index is -0.480. The average molecular weight is 505 g/mol. The minimum Gasteiger partial charge on any atom is -0.497 e. The van der Waals surface area contributed by atoms with E-state index in [-0.39, 0.29) is 17.7 Å². The molecule has 0 radical (unpaired) electrons. The van der Waals surface area contributed by atoms with Gasteiger partial charge in [-0.15, -0.1) is 11.8 Å². The molecule has 0 aliphatic heterocycles. The van der Waals surface area contributed by atoms with Gasteiger partial charge in [0.25, 0.3) is 0 Å². The Hall–Kier alpha value is -3.45. The van der Waals surface area contributed by atoms with Gasteiger partial charge in [-0.25, -0.2) is 0 Å². The Labute approximate surface area is 216 Å². The zero-order chi connectivity index (χ0) is 25.3. The van der Waals surface area contributed by atoms with Crippen LogP contribution in [-0.2, 0) is 9.59 Å². The van der Waals surface area contributed by atoms with Crippen molar-refractivity contribution in [1.82, 2.24) is 0 Å². The number of ether oxygens (including phenoxy) is 2. The molecule has 2 N–H and O–H groups in total. The van der Waals surface area contributed by atoms with Gasteiger partial charge in [0.05, 0.1) is 14.2 Å². The largest absolute Gasteiger partial charge is 0.497 e. The lowest BCUT2D eigenvalue weighted by Crippen LogP contribution is -2.24. The van der Waals surface area contributed by atoms with Gasteiger partial charge in [0.2, 0.25) is 11.8 Å². The van der Waals surface area contributed by atoms with Gasteiger partial charge in [0, 0.05) is 40.4 Å². The Balaban J connectivity index is 1.48. The zero-order valence-electron chi connectivity index (χ0n) is 20.7. The van der Waals surface area contributed by atoms with Gasteiger partial charge in [-0.3, -0.25) is 9.59 Å². The normalized spacial score (nSPS) is 14.5. The first kappa shape index (κ1) is 25.6. The van der Waals surface area contributed by atoms with Crippen LogP contribution < -0.4 is 20.1 Å². The van der Waals surface area contributed by atoms with Crippen LogP contribution in [-0.4, -0.2) is 26.0 Å². The Kier molecular flexibility index (Phi) is 8.90. The molecule has 1 saturated carbocycles. The predicted octanol–water partition coefficient (Wildman–Crippen LogP) is 6.69. The van der Waals surface area contributed by atoms with Gasteiger partial charge < -0.3 is 20.1 Å². The first-order chi connectivity index (χ1) is 17.6. The van der Waals surface area contributed by atoms with E-state index in [1.54, 1.807) is 32.4 Å². The van der Waals surface area contributed by atoms with E-state index < -0.39 is 5.25 Å². The highest BCUT2D eigenvalue weighted by Crippen LogP contribution is 2.37. The number of rotatable bonds is 9. The molecule has 6 nitrogen and oxygen atoms in total. The van der Waals surface area contributed by atoms with E-state index in [9.17, 15) is 9.59 Å². The summed E-state index contributed by atoms with van der Waals surface area (Å²) >= 11 is 1.46. The summed E-state index contributed by atoms with van der Waals surface area (Å²) in [5.41, 5.74) is 2.27. The number of benzene rings is 3. The molecule has 1 fully saturated rings. The second-order valence-corrected chi connectivity index (χ2v) is 10.0. The fourth-order valence-electron chi connectivity index (χ4n) is 4.35. The van der Waals surface area contributed by atoms with Crippen LogP contribution in [0.15, 0.2) is 77.7 Å². The number of nitrogens with one attached hydrogen (secondary N) is 2. The summed E-state index contributed by atoms with van der Waals surface area (Å²) < 4.78 is 10.7. The van der Waals surface area contributed by atoms with Crippen molar-refractivity contribution in [3.8, 4) is 11.5 Å². The van der Waals surface area contributed by atoms with E-state index in [4.69, 9.17) is 9.47 Å². The molecule has 0 bridgehead atoms. The third-order valence-corrected chi connectivity index (χ3v) is 7.58. The third-order valence-electron chi connectivity index (χ3n) is 6.31. The third kappa shape index (κ3) is 6.82. The summed E-state index contributed by atoms with van der Waals surface area (Å²) in [7, 11) is 3.15. The highest BCUT2D eigenvalue weighted by molar-refractivity contribution is 8.00. The number of thioether (sulfide) groups is 1. The van der Waals surface area contributed by atoms with E-state index in [2.05, 4.69) is 10.6 Å². The lowest BCUT2D eigenvalue weighted by Gasteiger charge is -2.21. The molecule has 1 unspecified atom stereocenters. The predicted molar refractivity (Wildman–Crippen MR) is 145 cm³/mol. The first-order valence-corrected chi connectivity index (χ1v) is 13.1. The molecular weight excluding hydrogens is 472 g/mol. The molecular formula is C29H32N2O4S. The molecule has 0 spiro atoms. The Bertz CT molecular complexity index is 1140. The minimum absolute atomic E-state index is 0.102. The van der Waals surface area contributed by atoms with E-state index >= 15 is 0 Å². The fourth-order valence-corrected chi connectivity index (χ4v) is 5.37. The molecule has 4 rings (SSSR count). The molecule has 36 heavy (non-hydrogen) atoms. The smallest absolute Gasteiger partial charge is 0.242 e. The highest BCUT2D eigenvalue weighted by atomic mass is 32.2. The zero-order valence-corrected chi connectivity index (χ0v) is 21.5. The van der Waals surface area contributed by atoms with Crippen molar-refractivity contribution >= 4 is 35.0 Å². The van der Waals surface area contributed by atoms with Crippen molar-refractivity contribution in [2.24, 2.45) is 5.92 Å². The molecule has 0 heterocycles. The van der Waals surface area contributed by atoms with Crippen molar-refractivity contribution in [2.45, 2.75) is 42.2 Å². The first-order valence-electron chi connectivity index (χ1n) is 12.2. The van der Waals surface area contributed by atoms with Crippen LogP contribution in [0.4, 0.5) is 11.4 Å². The summed E-state index contributed by atoms with van der Waals surface area (Å²) in [6.45, 7) is 0. The Morgan fingerprint density at radius 3 is 2.06 bits per heavy atom. The molecule has 1 aliphatic rings. The molecule has 188 valence electrons.